The summed E-state index contributed by atoms with van der Waals surface area (Å²) in [5, 5.41) is 2.76. The smallest absolute Gasteiger partial charge is 0.307 e. The van der Waals surface area contributed by atoms with E-state index in [1.807, 2.05) is 0 Å². The van der Waals surface area contributed by atoms with E-state index < -0.39 is 0 Å². The lowest BCUT2D eigenvalue weighted by molar-refractivity contribution is -0.144. The fourth-order valence-electron chi connectivity index (χ4n) is 0.978. The Morgan fingerprint density at radius 2 is 2.46 bits per heavy atom. The largest absolute Gasteiger partial charge is 0.466 e. The van der Waals surface area contributed by atoms with E-state index in [0.717, 1.165) is 0 Å². The van der Waals surface area contributed by atoms with Crippen molar-refractivity contribution in [3.05, 3.63) is 11.6 Å². The monoisotopic (exact) mass is 201 g/mol. The van der Waals surface area contributed by atoms with Crippen LogP contribution in [0.4, 0.5) is 0 Å². The number of thioether (sulfide) groups is 1. The number of ether oxygens (including phenoxy) is 1. The van der Waals surface area contributed by atoms with Crippen LogP contribution in [0.3, 0.4) is 0 Å². The van der Waals surface area contributed by atoms with Crippen LogP contribution in [-0.2, 0) is 14.3 Å². The van der Waals surface area contributed by atoms with E-state index >= 15 is 0 Å². The Morgan fingerprint density at radius 3 is 2.92 bits per heavy atom. The Kier molecular flexibility index (Phi) is 3.36. The van der Waals surface area contributed by atoms with Gasteiger partial charge in [-0.3, -0.25) is 9.59 Å². The molecule has 0 radical (unpaired) electrons. The van der Waals surface area contributed by atoms with E-state index in [1.54, 1.807) is 6.92 Å². The van der Waals surface area contributed by atoms with E-state index in [1.165, 1.54) is 11.8 Å². The molecular formula is C8H11NO3S. The molecule has 0 spiro atoms. The molecule has 1 fully saturated rings. The highest BCUT2D eigenvalue weighted by atomic mass is 32.2. The van der Waals surface area contributed by atoms with Gasteiger partial charge in [0, 0.05) is 0 Å². The zero-order chi connectivity index (χ0) is 9.84. The third-order valence-electron chi connectivity index (χ3n) is 1.50. The van der Waals surface area contributed by atoms with Gasteiger partial charge in [-0.25, -0.2) is 0 Å². The lowest BCUT2D eigenvalue weighted by atomic mass is 10.3. The first-order chi connectivity index (χ1) is 6.13. The number of carbonyl (C=O) groups is 2. The van der Waals surface area contributed by atoms with E-state index in [4.69, 9.17) is 4.74 Å². The van der Waals surface area contributed by atoms with Crippen molar-refractivity contribution in [2.45, 2.75) is 18.6 Å². The van der Waals surface area contributed by atoms with Crippen molar-refractivity contribution in [3.8, 4) is 0 Å². The van der Waals surface area contributed by atoms with Crippen molar-refractivity contribution in [1.82, 2.24) is 5.32 Å². The van der Waals surface area contributed by atoms with Crippen LogP contribution in [0.1, 0.15) is 13.3 Å². The van der Waals surface area contributed by atoms with Gasteiger partial charge in [0.15, 0.2) is 0 Å². The molecule has 1 saturated heterocycles. The van der Waals surface area contributed by atoms with Crippen molar-refractivity contribution < 1.29 is 14.3 Å². The second kappa shape index (κ2) is 4.32. The highest BCUT2D eigenvalue weighted by Crippen LogP contribution is 2.27. The molecule has 1 heterocycles. The third-order valence-corrected chi connectivity index (χ3v) is 2.55. The van der Waals surface area contributed by atoms with Gasteiger partial charge in [-0.05, 0) is 6.92 Å². The molecule has 1 unspecified atom stereocenters. The van der Waals surface area contributed by atoms with Gasteiger partial charge in [0.25, 0.3) is 0 Å². The van der Waals surface area contributed by atoms with Gasteiger partial charge in [0.05, 0.1) is 18.1 Å². The van der Waals surface area contributed by atoms with Gasteiger partial charge < -0.3 is 10.1 Å². The number of carbonyl (C=O) groups excluding carboxylic acids is 2. The minimum Gasteiger partial charge on any atom is -0.466 e. The molecular weight excluding hydrogens is 190 g/mol. The van der Waals surface area contributed by atoms with Gasteiger partial charge in [0.1, 0.15) is 5.25 Å². The molecule has 4 nitrogen and oxygen atoms in total. The summed E-state index contributed by atoms with van der Waals surface area (Å²) >= 11 is 1.27. The number of nitrogens with one attached hydrogen (secondary N) is 1. The van der Waals surface area contributed by atoms with Crippen LogP contribution in [0.2, 0.25) is 0 Å². The number of hydrogen-bond donors (Lipinski definition) is 1. The Morgan fingerprint density at radius 1 is 1.77 bits per heavy atom. The topological polar surface area (TPSA) is 55.4 Å². The van der Waals surface area contributed by atoms with Crippen molar-refractivity contribution in [2.75, 3.05) is 6.61 Å². The Bertz CT molecular complexity index is 252. The highest BCUT2D eigenvalue weighted by molar-refractivity contribution is 8.04. The molecule has 0 saturated carbocycles. The molecule has 0 aliphatic carbocycles. The number of hydrogen-bond acceptors (Lipinski definition) is 4. The molecule has 1 N–H and O–H groups in total. The highest BCUT2D eigenvalue weighted by Gasteiger charge is 2.30. The van der Waals surface area contributed by atoms with E-state index in [2.05, 4.69) is 11.9 Å². The normalized spacial score (nSPS) is 21.5. The first kappa shape index (κ1) is 10.1. The summed E-state index contributed by atoms with van der Waals surface area (Å²) in [6, 6.07) is 0. The van der Waals surface area contributed by atoms with Gasteiger partial charge in [-0.1, -0.05) is 18.3 Å². The average molecular weight is 201 g/mol. The van der Waals surface area contributed by atoms with Crippen LogP contribution < -0.4 is 5.32 Å². The Hall–Kier alpha value is -0.970. The molecule has 5 heteroatoms. The van der Waals surface area contributed by atoms with Crippen LogP contribution >= 0.6 is 11.8 Å². The summed E-state index contributed by atoms with van der Waals surface area (Å²) in [6.45, 7) is 5.67. The van der Waals surface area contributed by atoms with Crippen LogP contribution in [0.25, 0.3) is 0 Å². The van der Waals surface area contributed by atoms with Crippen LogP contribution in [-0.4, -0.2) is 23.7 Å². The molecule has 13 heavy (non-hydrogen) atoms. The Labute approximate surface area is 80.7 Å². The predicted molar refractivity (Wildman–Crippen MR) is 49.9 cm³/mol. The average Bonchev–Trinajstić information content (AvgIpc) is 2.30. The lowest BCUT2D eigenvalue weighted by Crippen LogP contribution is -2.24. The summed E-state index contributed by atoms with van der Waals surface area (Å²) in [4.78, 5) is 22.1. The molecule has 72 valence electrons. The molecule has 1 rings (SSSR count). The minimum atomic E-state index is -0.369. The van der Waals surface area contributed by atoms with E-state index in [9.17, 15) is 9.59 Å². The van der Waals surface area contributed by atoms with Crippen molar-refractivity contribution in [2.24, 2.45) is 0 Å². The zero-order valence-electron chi connectivity index (χ0n) is 7.33. The summed E-state index contributed by atoms with van der Waals surface area (Å²) in [6.07, 6.45) is 0.114. The van der Waals surface area contributed by atoms with Crippen molar-refractivity contribution in [1.29, 1.82) is 0 Å². The van der Waals surface area contributed by atoms with Crippen LogP contribution in [0, 0.1) is 0 Å². The first-order valence-corrected chi connectivity index (χ1v) is 4.83. The number of amides is 1. The molecule has 0 aromatic heterocycles. The SMILES string of the molecule is C=C1NC(=O)C(CC(=O)OCC)S1. The maximum Gasteiger partial charge on any atom is 0.307 e. The quantitative estimate of drug-likeness (QED) is 0.681. The predicted octanol–water partition coefficient (Wildman–Crippen LogP) is 0.642. The second-order valence-corrected chi connectivity index (χ2v) is 3.83. The molecule has 0 aromatic carbocycles. The first-order valence-electron chi connectivity index (χ1n) is 3.95. The lowest BCUT2D eigenvalue weighted by Gasteiger charge is -2.04. The summed E-state index contributed by atoms with van der Waals surface area (Å²) in [5.74, 6) is -0.507. The third kappa shape index (κ3) is 2.77. The standard InChI is InChI=1S/C8H11NO3S/c1-3-12-7(10)4-6-8(11)9-5(2)13-6/h6H,2-4H2,1H3,(H,9,11). The minimum absolute atomic E-state index is 0.114. The van der Waals surface area contributed by atoms with Gasteiger partial charge in [-0.2, -0.15) is 0 Å². The second-order valence-electron chi connectivity index (χ2n) is 2.53. The maximum absolute atomic E-state index is 11.1. The fraction of sp³-hybridized carbons (Fsp3) is 0.500. The summed E-state index contributed by atoms with van der Waals surface area (Å²) < 4.78 is 4.73. The Balaban J connectivity index is 2.41. The van der Waals surface area contributed by atoms with Crippen molar-refractivity contribution in [3.63, 3.8) is 0 Å². The molecule has 1 aliphatic heterocycles. The molecule has 1 aliphatic rings. The zero-order valence-corrected chi connectivity index (χ0v) is 8.15. The van der Waals surface area contributed by atoms with Gasteiger partial charge in [0.2, 0.25) is 5.91 Å². The summed E-state index contributed by atoms with van der Waals surface area (Å²) in [7, 11) is 0. The molecule has 1 atom stereocenters. The van der Waals surface area contributed by atoms with E-state index in [0.29, 0.717) is 11.6 Å². The van der Waals surface area contributed by atoms with Crippen LogP contribution in [0.5, 0.6) is 0 Å². The number of rotatable bonds is 3. The van der Waals surface area contributed by atoms with Gasteiger partial charge >= 0.3 is 5.97 Å². The number of esters is 1. The van der Waals surface area contributed by atoms with E-state index in [-0.39, 0.29) is 23.5 Å². The summed E-state index contributed by atoms with van der Waals surface area (Å²) in [5.41, 5.74) is 0. The molecule has 0 aromatic rings. The van der Waals surface area contributed by atoms with Gasteiger partial charge in [-0.15, -0.1) is 0 Å². The van der Waals surface area contributed by atoms with Crippen LogP contribution in [0.15, 0.2) is 11.6 Å². The fourth-order valence-corrected chi connectivity index (χ4v) is 1.87. The van der Waals surface area contributed by atoms with Crippen molar-refractivity contribution >= 4 is 23.6 Å². The molecule has 1 amide bonds. The maximum atomic E-state index is 11.1. The molecule has 0 bridgehead atoms.